The van der Waals surface area contributed by atoms with Crippen LogP contribution in [0.3, 0.4) is 0 Å². The van der Waals surface area contributed by atoms with Gasteiger partial charge in [0.15, 0.2) is 10.8 Å². The summed E-state index contributed by atoms with van der Waals surface area (Å²) >= 11 is 1.03. The van der Waals surface area contributed by atoms with E-state index in [1.54, 1.807) is 0 Å². The number of unbranched alkanes of at least 4 members (excludes halogenated alkanes) is 1. The molecule has 9 heteroatoms. The van der Waals surface area contributed by atoms with Crippen LogP contribution in [0.1, 0.15) is 26.2 Å². The summed E-state index contributed by atoms with van der Waals surface area (Å²) in [7, 11) is 0. The van der Waals surface area contributed by atoms with Crippen LogP contribution in [0.5, 0.6) is 0 Å². The highest BCUT2D eigenvalue weighted by molar-refractivity contribution is 8.00. The number of nitrogens with one attached hydrogen (secondary N) is 1. The second kappa shape index (κ2) is 7.41. The van der Waals surface area contributed by atoms with Crippen molar-refractivity contribution in [3.05, 3.63) is 16.6 Å². The van der Waals surface area contributed by atoms with Crippen molar-refractivity contribution in [2.24, 2.45) is 0 Å². The van der Waals surface area contributed by atoms with Crippen LogP contribution in [0.25, 0.3) is 11.0 Å². The largest absolute Gasteiger partial charge is 0.480 e. The minimum atomic E-state index is -0.926. The minimum Gasteiger partial charge on any atom is -0.480 e. The van der Waals surface area contributed by atoms with Gasteiger partial charge in [-0.15, -0.1) is 0 Å². The second-order valence-corrected chi connectivity index (χ2v) is 5.98. The SMILES string of the molecule is CCCC[C@H](Sc1nc2c(cnn2CCO)c(=O)[nH]1)C(=O)O. The summed E-state index contributed by atoms with van der Waals surface area (Å²) in [5.74, 6) is -0.926. The fourth-order valence-electron chi connectivity index (χ4n) is 2.02. The molecule has 0 radical (unpaired) electrons. The van der Waals surface area contributed by atoms with E-state index in [1.165, 1.54) is 10.9 Å². The van der Waals surface area contributed by atoms with Gasteiger partial charge >= 0.3 is 5.97 Å². The van der Waals surface area contributed by atoms with Crippen LogP contribution in [0.2, 0.25) is 0 Å². The van der Waals surface area contributed by atoms with Gasteiger partial charge in [0.25, 0.3) is 5.56 Å². The summed E-state index contributed by atoms with van der Waals surface area (Å²) in [4.78, 5) is 30.2. The molecule has 0 aliphatic heterocycles. The number of aliphatic hydroxyl groups is 1. The van der Waals surface area contributed by atoms with Crippen molar-refractivity contribution in [1.29, 1.82) is 0 Å². The number of aliphatic hydroxyl groups excluding tert-OH is 1. The molecule has 0 saturated heterocycles. The van der Waals surface area contributed by atoms with E-state index >= 15 is 0 Å². The van der Waals surface area contributed by atoms with E-state index < -0.39 is 11.2 Å². The van der Waals surface area contributed by atoms with E-state index in [-0.39, 0.29) is 23.9 Å². The van der Waals surface area contributed by atoms with Crippen LogP contribution in [-0.2, 0) is 11.3 Å². The van der Waals surface area contributed by atoms with Crippen LogP contribution in [0.15, 0.2) is 16.1 Å². The van der Waals surface area contributed by atoms with Crippen LogP contribution in [-0.4, -0.2) is 47.8 Å². The first-order valence-corrected chi connectivity index (χ1v) is 7.91. The van der Waals surface area contributed by atoms with Crippen molar-refractivity contribution < 1.29 is 15.0 Å². The Balaban J connectivity index is 2.32. The monoisotopic (exact) mass is 326 g/mol. The van der Waals surface area contributed by atoms with Gasteiger partial charge in [-0.3, -0.25) is 9.59 Å². The zero-order valence-corrected chi connectivity index (χ0v) is 13.0. The van der Waals surface area contributed by atoms with Gasteiger partial charge in [-0.25, -0.2) is 9.67 Å². The minimum absolute atomic E-state index is 0.123. The van der Waals surface area contributed by atoms with Crippen molar-refractivity contribution in [3.8, 4) is 0 Å². The number of carboxylic acid groups (broad SMARTS) is 1. The molecular formula is C13H18N4O4S. The van der Waals surface area contributed by atoms with Gasteiger partial charge in [0, 0.05) is 0 Å². The molecule has 0 fully saturated rings. The topological polar surface area (TPSA) is 121 Å². The molecule has 0 aliphatic rings. The first-order valence-electron chi connectivity index (χ1n) is 7.03. The van der Waals surface area contributed by atoms with E-state index in [0.29, 0.717) is 17.5 Å². The standard InChI is InChI=1S/C13H18N4O4S/c1-2-3-4-9(12(20)21)22-13-15-10-8(11(19)16-13)7-14-17(10)5-6-18/h7,9,18H,2-6H2,1H3,(H,20,21)(H,15,16,19)/t9-/m0/s1. The first kappa shape index (κ1) is 16.5. The van der Waals surface area contributed by atoms with Gasteiger partial charge < -0.3 is 15.2 Å². The highest BCUT2D eigenvalue weighted by Crippen LogP contribution is 2.24. The molecular weight excluding hydrogens is 308 g/mol. The number of fused-ring (bicyclic) bond motifs is 1. The second-order valence-electron chi connectivity index (χ2n) is 4.79. The third-order valence-corrected chi connectivity index (χ3v) is 4.28. The number of nitrogens with zero attached hydrogens (tertiary/aromatic N) is 3. The van der Waals surface area contributed by atoms with Crippen LogP contribution < -0.4 is 5.56 Å². The van der Waals surface area contributed by atoms with Gasteiger partial charge in [0.1, 0.15) is 10.6 Å². The molecule has 0 aromatic carbocycles. The molecule has 2 heterocycles. The molecule has 0 spiro atoms. The van der Waals surface area contributed by atoms with Gasteiger partial charge in [0.2, 0.25) is 0 Å². The number of carbonyl (C=O) groups is 1. The third-order valence-electron chi connectivity index (χ3n) is 3.15. The number of H-pyrrole nitrogens is 1. The lowest BCUT2D eigenvalue weighted by Crippen LogP contribution is -2.18. The zero-order chi connectivity index (χ0) is 16.1. The quantitative estimate of drug-likeness (QED) is 0.485. The molecule has 8 nitrogen and oxygen atoms in total. The van der Waals surface area contributed by atoms with Crippen LogP contribution >= 0.6 is 11.8 Å². The van der Waals surface area contributed by atoms with Crippen LogP contribution in [0.4, 0.5) is 0 Å². The third kappa shape index (κ3) is 3.66. The van der Waals surface area contributed by atoms with E-state index in [9.17, 15) is 14.7 Å². The molecule has 0 amide bonds. The van der Waals surface area contributed by atoms with E-state index in [0.717, 1.165) is 24.6 Å². The maximum absolute atomic E-state index is 12.0. The van der Waals surface area contributed by atoms with Crippen molar-refractivity contribution in [2.45, 2.75) is 43.1 Å². The highest BCUT2D eigenvalue weighted by atomic mass is 32.2. The summed E-state index contributed by atoms with van der Waals surface area (Å²) in [5, 5.41) is 22.2. The van der Waals surface area contributed by atoms with E-state index in [4.69, 9.17) is 5.11 Å². The Morgan fingerprint density at radius 3 is 2.95 bits per heavy atom. The van der Waals surface area contributed by atoms with Gasteiger partial charge in [0.05, 0.1) is 19.3 Å². The Hall–Kier alpha value is -1.87. The van der Waals surface area contributed by atoms with Gasteiger partial charge in [-0.05, 0) is 6.42 Å². The maximum Gasteiger partial charge on any atom is 0.317 e. The van der Waals surface area contributed by atoms with E-state index in [1.807, 2.05) is 6.92 Å². The number of aromatic nitrogens is 4. The molecule has 22 heavy (non-hydrogen) atoms. The summed E-state index contributed by atoms with van der Waals surface area (Å²) in [6.45, 7) is 2.09. The Morgan fingerprint density at radius 2 is 2.32 bits per heavy atom. The lowest BCUT2D eigenvalue weighted by molar-refractivity contribution is -0.136. The number of rotatable bonds is 8. The molecule has 2 aromatic heterocycles. The molecule has 0 unspecified atom stereocenters. The molecule has 120 valence electrons. The predicted molar refractivity (Wildman–Crippen MR) is 82.0 cm³/mol. The Morgan fingerprint density at radius 1 is 1.55 bits per heavy atom. The van der Waals surface area contributed by atoms with Crippen molar-refractivity contribution in [2.75, 3.05) is 6.61 Å². The fourth-order valence-corrected chi connectivity index (χ4v) is 2.96. The summed E-state index contributed by atoms with van der Waals surface area (Å²) < 4.78 is 1.43. The van der Waals surface area contributed by atoms with Crippen molar-refractivity contribution >= 4 is 28.8 Å². The lowest BCUT2D eigenvalue weighted by atomic mass is 10.2. The predicted octanol–water partition coefficient (Wildman–Crippen LogP) is 0.847. The average molecular weight is 326 g/mol. The fraction of sp³-hybridized carbons (Fsp3) is 0.538. The number of thioether (sulfide) groups is 1. The molecule has 2 rings (SSSR count). The molecule has 3 N–H and O–H groups in total. The Bertz CT molecular complexity index is 712. The summed E-state index contributed by atoms with van der Waals surface area (Å²) in [5.41, 5.74) is -0.0174. The van der Waals surface area contributed by atoms with Gasteiger partial charge in [-0.1, -0.05) is 31.5 Å². The normalized spacial score (nSPS) is 12.6. The Labute approximate surface area is 130 Å². The number of carboxylic acids is 1. The molecule has 2 aromatic rings. The first-order chi connectivity index (χ1) is 10.6. The van der Waals surface area contributed by atoms with E-state index in [2.05, 4.69) is 15.1 Å². The summed E-state index contributed by atoms with van der Waals surface area (Å²) in [6.07, 6.45) is 3.58. The molecule has 1 atom stereocenters. The van der Waals surface area contributed by atoms with Gasteiger partial charge in [-0.2, -0.15) is 5.10 Å². The Kier molecular flexibility index (Phi) is 5.56. The number of aromatic amines is 1. The number of hydrogen-bond acceptors (Lipinski definition) is 6. The number of hydrogen-bond donors (Lipinski definition) is 3. The smallest absolute Gasteiger partial charge is 0.317 e. The molecule has 0 bridgehead atoms. The number of aliphatic carboxylic acids is 1. The zero-order valence-electron chi connectivity index (χ0n) is 12.2. The summed E-state index contributed by atoms with van der Waals surface area (Å²) in [6, 6.07) is 0. The highest BCUT2D eigenvalue weighted by Gasteiger charge is 2.20. The van der Waals surface area contributed by atoms with Crippen molar-refractivity contribution in [1.82, 2.24) is 19.7 Å². The lowest BCUT2D eigenvalue weighted by Gasteiger charge is -2.10. The average Bonchev–Trinajstić information content (AvgIpc) is 2.87. The van der Waals surface area contributed by atoms with Crippen LogP contribution in [0, 0.1) is 0 Å². The molecule has 0 saturated carbocycles. The van der Waals surface area contributed by atoms with Crippen molar-refractivity contribution in [3.63, 3.8) is 0 Å². The molecule has 0 aliphatic carbocycles. The maximum atomic E-state index is 12.0.